The molecule has 0 aliphatic carbocycles. The molecule has 1 unspecified atom stereocenters. The predicted octanol–water partition coefficient (Wildman–Crippen LogP) is 4.23. The Kier molecular flexibility index (Phi) is 3.27. The Morgan fingerprint density at radius 2 is 2.24 bits per heavy atom. The largest absolute Gasteiger partial charge is 0.361 e. The minimum Gasteiger partial charge on any atom is -0.361 e. The first-order chi connectivity index (χ1) is 8.11. The van der Waals surface area contributed by atoms with Crippen LogP contribution in [0.5, 0.6) is 0 Å². The summed E-state index contributed by atoms with van der Waals surface area (Å²) in [7, 11) is 0. The maximum Gasteiger partial charge on any atom is 0.123 e. The summed E-state index contributed by atoms with van der Waals surface area (Å²) in [5, 5.41) is 8.67. The summed E-state index contributed by atoms with van der Waals surface area (Å²) < 4.78 is 13.2. The molecule has 2 nitrogen and oxygen atoms in total. The van der Waals surface area contributed by atoms with Gasteiger partial charge in [0.25, 0.3) is 0 Å². The van der Waals surface area contributed by atoms with Crippen LogP contribution in [0.1, 0.15) is 38.2 Å². The van der Waals surface area contributed by atoms with Gasteiger partial charge >= 0.3 is 0 Å². The molecule has 90 valence electrons. The quantitative estimate of drug-likeness (QED) is 0.740. The summed E-state index contributed by atoms with van der Waals surface area (Å²) >= 11 is 0. The van der Waals surface area contributed by atoms with Crippen molar-refractivity contribution < 1.29 is 4.39 Å². The smallest absolute Gasteiger partial charge is 0.123 e. The third-order valence-corrected chi connectivity index (χ3v) is 3.19. The molecule has 0 radical (unpaired) electrons. The molecule has 0 saturated heterocycles. The van der Waals surface area contributed by atoms with Crippen LogP contribution in [0, 0.1) is 11.2 Å². The number of halogens is 1. The van der Waals surface area contributed by atoms with Gasteiger partial charge in [0, 0.05) is 22.8 Å². The maximum absolute atomic E-state index is 13.2. The Labute approximate surface area is 100 Å². The van der Waals surface area contributed by atoms with Crippen molar-refractivity contribution in [2.75, 3.05) is 0 Å². The SMILES string of the molecule is CCC(=N)CC(C)c1c[nH]c2ccc(F)cc12. The Morgan fingerprint density at radius 3 is 2.94 bits per heavy atom. The lowest BCUT2D eigenvalue weighted by molar-refractivity contribution is 0.629. The highest BCUT2D eigenvalue weighted by molar-refractivity contribution is 5.86. The number of nitrogens with one attached hydrogen (secondary N) is 2. The van der Waals surface area contributed by atoms with E-state index in [0.29, 0.717) is 0 Å². The highest BCUT2D eigenvalue weighted by Crippen LogP contribution is 2.28. The van der Waals surface area contributed by atoms with Crippen LogP contribution in [0.4, 0.5) is 4.39 Å². The van der Waals surface area contributed by atoms with Crippen molar-refractivity contribution in [2.45, 2.75) is 32.6 Å². The van der Waals surface area contributed by atoms with E-state index in [4.69, 9.17) is 5.41 Å². The summed E-state index contributed by atoms with van der Waals surface area (Å²) in [4.78, 5) is 3.15. The summed E-state index contributed by atoms with van der Waals surface area (Å²) in [6, 6.07) is 4.78. The molecule has 1 aromatic carbocycles. The van der Waals surface area contributed by atoms with E-state index in [-0.39, 0.29) is 11.7 Å². The summed E-state index contributed by atoms with van der Waals surface area (Å²) in [6.07, 6.45) is 3.44. The topological polar surface area (TPSA) is 39.6 Å². The Balaban J connectivity index is 2.35. The van der Waals surface area contributed by atoms with Gasteiger partial charge in [0.15, 0.2) is 0 Å². The molecular formula is C14H17FN2. The van der Waals surface area contributed by atoms with Crippen molar-refractivity contribution in [3.8, 4) is 0 Å². The Hall–Kier alpha value is -1.64. The van der Waals surface area contributed by atoms with E-state index in [9.17, 15) is 4.39 Å². The molecule has 1 heterocycles. The number of rotatable bonds is 4. The van der Waals surface area contributed by atoms with Gasteiger partial charge in [-0.05, 0) is 42.5 Å². The van der Waals surface area contributed by atoms with Crippen molar-refractivity contribution >= 4 is 16.6 Å². The van der Waals surface area contributed by atoms with Crippen LogP contribution in [0.25, 0.3) is 10.9 Å². The van der Waals surface area contributed by atoms with E-state index < -0.39 is 0 Å². The van der Waals surface area contributed by atoms with Gasteiger partial charge in [-0.2, -0.15) is 0 Å². The number of hydrogen-bond acceptors (Lipinski definition) is 1. The first-order valence-corrected chi connectivity index (χ1v) is 5.94. The minimum absolute atomic E-state index is 0.212. The molecule has 0 aliphatic heterocycles. The molecule has 1 atom stereocenters. The zero-order chi connectivity index (χ0) is 12.4. The molecule has 17 heavy (non-hydrogen) atoms. The number of benzene rings is 1. The number of H-pyrrole nitrogens is 1. The van der Waals surface area contributed by atoms with Crippen LogP contribution in [-0.4, -0.2) is 10.7 Å². The van der Waals surface area contributed by atoms with Crippen molar-refractivity contribution in [3.63, 3.8) is 0 Å². The van der Waals surface area contributed by atoms with Gasteiger partial charge in [-0.3, -0.25) is 0 Å². The third-order valence-electron chi connectivity index (χ3n) is 3.19. The van der Waals surface area contributed by atoms with Crippen LogP contribution in [0.2, 0.25) is 0 Å². The van der Waals surface area contributed by atoms with Crippen molar-refractivity contribution in [1.82, 2.24) is 4.98 Å². The average molecular weight is 232 g/mol. The van der Waals surface area contributed by atoms with Gasteiger partial charge in [-0.15, -0.1) is 0 Å². The fraction of sp³-hybridized carbons (Fsp3) is 0.357. The van der Waals surface area contributed by atoms with Crippen LogP contribution in [0.15, 0.2) is 24.4 Å². The molecule has 0 saturated carbocycles. The average Bonchev–Trinajstić information content (AvgIpc) is 2.71. The van der Waals surface area contributed by atoms with Gasteiger partial charge in [-0.1, -0.05) is 13.8 Å². The van der Waals surface area contributed by atoms with E-state index >= 15 is 0 Å². The van der Waals surface area contributed by atoms with Gasteiger partial charge in [-0.25, -0.2) is 4.39 Å². The number of hydrogen-bond donors (Lipinski definition) is 2. The standard InChI is InChI=1S/C14H17FN2/c1-3-11(16)6-9(2)13-8-17-14-5-4-10(15)7-12(13)14/h4-5,7-9,16-17H,3,6H2,1-2H3. The lowest BCUT2D eigenvalue weighted by Gasteiger charge is -2.10. The third kappa shape index (κ3) is 2.38. The molecule has 0 fully saturated rings. The number of aromatic amines is 1. The second-order valence-electron chi connectivity index (χ2n) is 4.50. The first-order valence-electron chi connectivity index (χ1n) is 5.94. The van der Waals surface area contributed by atoms with E-state index in [1.807, 2.05) is 13.1 Å². The van der Waals surface area contributed by atoms with E-state index in [1.54, 1.807) is 12.1 Å². The maximum atomic E-state index is 13.2. The van der Waals surface area contributed by atoms with Crippen LogP contribution < -0.4 is 0 Å². The molecule has 1 aromatic heterocycles. The Bertz CT molecular complexity index is 542. The van der Waals surface area contributed by atoms with E-state index in [1.165, 1.54) is 6.07 Å². The fourth-order valence-corrected chi connectivity index (χ4v) is 2.15. The predicted molar refractivity (Wildman–Crippen MR) is 69.3 cm³/mol. The highest BCUT2D eigenvalue weighted by atomic mass is 19.1. The number of fused-ring (bicyclic) bond motifs is 1. The van der Waals surface area contributed by atoms with E-state index in [2.05, 4.69) is 11.9 Å². The van der Waals surface area contributed by atoms with Crippen molar-refractivity contribution in [1.29, 1.82) is 5.41 Å². The highest BCUT2D eigenvalue weighted by Gasteiger charge is 2.13. The summed E-state index contributed by atoms with van der Waals surface area (Å²) in [5.41, 5.74) is 2.79. The lowest BCUT2D eigenvalue weighted by atomic mass is 9.94. The molecule has 0 bridgehead atoms. The van der Waals surface area contributed by atoms with Crippen molar-refractivity contribution in [3.05, 3.63) is 35.8 Å². The molecule has 2 N–H and O–H groups in total. The van der Waals surface area contributed by atoms with Crippen molar-refractivity contribution in [2.24, 2.45) is 0 Å². The van der Waals surface area contributed by atoms with Crippen LogP contribution in [-0.2, 0) is 0 Å². The molecular weight excluding hydrogens is 215 g/mol. The first kappa shape index (κ1) is 11.8. The Morgan fingerprint density at radius 1 is 1.47 bits per heavy atom. The van der Waals surface area contributed by atoms with Gasteiger partial charge in [0.1, 0.15) is 5.82 Å². The van der Waals surface area contributed by atoms with E-state index in [0.717, 1.165) is 35.0 Å². The second-order valence-corrected chi connectivity index (χ2v) is 4.50. The zero-order valence-electron chi connectivity index (χ0n) is 10.2. The van der Waals surface area contributed by atoms with Crippen LogP contribution >= 0.6 is 0 Å². The monoisotopic (exact) mass is 232 g/mol. The molecule has 0 spiro atoms. The summed E-state index contributed by atoms with van der Waals surface area (Å²) in [6.45, 7) is 4.07. The number of aromatic nitrogens is 1. The molecule has 3 heteroatoms. The lowest BCUT2D eigenvalue weighted by Crippen LogP contribution is -2.01. The van der Waals surface area contributed by atoms with Gasteiger partial charge in [0.2, 0.25) is 0 Å². The summed E-state index contributed by atoms with van der Waals surface area (Å²) in [5.74, 6) is 0.0362. The second kappa shape index (κ2) is 4.70. The molecule has 2 rings (SSSR count). The normalized spacial score (nSPS) is 12.9. The van der Waals surface area contributed by atoms with Gasteiger partial charge in [0.05, 0.1) is 0 Å². The zero-order valence-corrected chi connectivity index (χ0v) is 10.2. The van der Waals surface area contributed by atoms with Crippen LogP contribution in [0.3, 0.4) is 0 Å². The molecule has 2 aromatic rings. The minimum atomic E-state index is -0.212. The van der Waals surface area contributed by atoms with Gasteiger partial charge < -0.3 is 10.4 Å². The molecule has 0 amide bonds. The fourth-order valence-electron chi connectivity index (χ4n) is 2.15. The molecule has 0 aliphatic rings.